The summed E-state index contributed by atoms with van der Waals surface area (Å²) in [7, 11) is 0. The van der Waals surface area contributed by atoms with E-state index in [-0.39, 0.29) is 6.54 Å². The summed E-state index contributed by atoms with van der Waals surface area (Å²) in [5.74, 6) is -2.49. The maximum atomic E-state index is 13.7. The molecule has 1 spiro atoms. The first-order valence-corrected chi connectivity index (χ1v) is 7.09. The van der Waals surface area contributed by atoms with E-state index in [9.17, 15) is 18.7 Å². The number of likely N-dealkylation sites (tertiary alicyclic amines) is 1. The fourth-order valence-electron chi connectivity index (χ4n) is 3.18. The van der Waals surface area contributed by atoms with Crippen LogP contribution in [-0.2, 0) is 4.74 Å². The van der Waals surface area contributed by atoms with E-state index in [4.69, 9.17) is 4.74 Å². The van der Waals surface area contributed by atoms with E-state index in [1.807, 2.05) is 0 Å². The van der Waals surface area contributed by atoms with Gasteiger partial charge in [0.15, 0.2) is 0 Å². The summed E-state index contributed by atoms with van der Waals surface area (Å²) in [6, 6.07) is 3.32. The molecule has 0 saturated carbocycles. The quantitative estimate of drug-likeness (QED) is 0.858. The highest BCUT2D eigenvalue weighted by Gasteiger charge is 2.46. The van der Waals surface area contributed by atoms with Crippen LogP contribution < -0.4 is 0 Å². The van der Waals surface area contributed by atoms with Gasteiger partial charge in [-0.3, -0.25) is 4.79 Å². The molecule has 1 aromatic carbocycles. The van der Waals surface area contributed by atoms with Crippen LogP contribution >= 0.6 is 0 Å². The van der Waals surface area contributed by atoms with E-state index in [0.29, 0.717) is 19.6 Å². The summed E-state index contributed by atoms with van der Waals surface area (Å²) in [4.78, 5) is 13.6. The molecule has 1 aromatic rings. The number of aliphatic hydroxyl groups is 1. The Morgan fingerprint density at radius 3 is 2.62 bits per heavy atom. The van der Waals surface area contributed by atoms with Crippen molar-refractivity contribution in [2.45, 2.75) is 31.0 Å². The first-order valence-electron chi connectivity index (χ1n) is 7.09. The first-order chi connectivity index (χ1) is 10.0. The van der Waals surface area contributed by atoms with Crippen molar-refractivity contribution in [1.82, 2.24) is 4.90 Å². The maximum Gasteiger partial charge on any atom is 0.259 e. The molecule has 114 valence electrons. The number of aliphatic hydroxyl groups excluding tert-OH is 1. The lowest BCUT2D eigenvalue weighted by atomic mass is 9.86. The Balaban J connectivity index is 1.78. The molecule has 1 amide bonds. The topological polar surface area (TPSA) is 49.8 Å². The third kappa shape index (κ3) is 2.42. The van der Waals surface area contributed by atoms with Crippen LogP contribution in [0.25, 0.3) is 0 Å². The minimum absolute atomic E-state index is 0.0343. The van der Waals surface area contributed by atoms with Crippen molar-refractivity contribution in [3.05, 3.63) is 35.4 Å². The average Bonchev–Trinajstić information content (AvgIpc) is 2.91. The van der Waals surface area contributed by atoms with Gasteiger partial charge in [0.1, 0.15) is 23.3 Å². The molecule has 2 fully saturated rings. The van der Waals surface area contributed by atoms with Gasteiger partial charge in [0.25, 0.3) is 5.91 Å². The van der Waals surface area contributed by atoms with Crippen LogP contribution in [0.15, 0.2) is 18.2 Å². The van der Waals surface area contributed by atoms with E-state index >= 15 is 0 Å². The van der Waals surface area contributed by atoms with Crippen molar-refractivity contribution in [3.8, 4) is 0 Å². The summed E-state index contributed by atoms with van der Waals surface area (Å²) in [6.07, 6.45) is 1.29. The maximum absolute atomic E-state index is 13.7. The fourth-order valence-corrected chi connectivity index (χ4v) is 3.18. The molecule has 6 heteroatoms. The van der Waals surface area contributed by atoms with Gasteiger partial charge in [-0.1, -0.05) is 6.07 Å². The third-order valence-electron chi connectivity index (χ3n) is 4.40. The van der Waals surface area contributed by atoms with Crippen LogP contribution in [-0.4, -0.2) is 47.3 Å². The summed E-state index contributed by atoms with van der Waals surface area (Å²) in [6.45, 7) is 0.962. The van der Waals surface area contributed by atoms with Gasteiger partial charge in [0.05, 0.1) is 5.60 Å². The van der Waals surface area contributed by atoms with Gasteiger partial charge >= 0.3 is 0 Å². The number of piperidine rings is 1. The Hall–Kier alpha value is -1.53. The summed E-state index contributed by atoms with van der Waals surface area (Å²) < 4.78 is 33.0. The lowest BCUT2D eigenvalue weighted by Crippen LogP contribution is -2.56. The number of nitrogens with zero attached hydrogens (tertiary/aromatic N) is 1. The van der Waals surface area contributed by atoms with E-state index in [0.717, 1.165) is 25.0 Å². The molecule has 4 nitrogen and oxygen atoms in total. The van der Waals surface area contributed by atoms with Gasteiger partial charge in [-0.05, 0) is 31.4 Å². The van der Waals surface area contributed by atoms with Crippen molar-refractivity contribution < 1.29 is 23.4 Å². The van der Waals surface area contributed by atoms with E-state index in [1.165, 1.54) is 11.0 Å². The average molecular weight is 297 g/mol. The molecule has 2 aliphatic rings. The van der Waals surface area contributed by atoms with Crippen LogP contribution in [0.3, 0.4) is 0 Å². The SMILES string of the molecule is O=C(c1c(F)cccc1F)N1CC[C@@]2(CCCO2)[C@@H](O)C1. The van der Waals surface area contributed by atoms with Gasteiger partial charge in [-0.15, -0.1) is 0 Å². The largest absolute Gasteiger partial charge is 0.388 e. The second-order valence-electron chi connectivity index (χ2n) is 5.63. The molecule has 2 saturated heterocycles. The monoisotopic (exact) mass is 297 g/mol. The second-order valence-corrected chi connectivity index (χ2v) is 5.63. The van der Waals surface area contributed by atoms with E-state index in [1.54, 1.807) is 0 Å². The number of carbonyl (C=O) groups excluding carboxylic acids is 1. The van der Waals surface area contributed by atoms with Gasteiger partial charge in [-0.25, -0.2) is 8.78 Å². The highest BCUT2D eigenvalue weighted by atomic mass is 19.1. The van der Waals surface area contributed by atoms with Crippen molar-refractivity contribution in [2.75, 3.05) is 19.7 Å². The lowest BCUT2D eigenvalue weighted by Gasteiger charge is -2.42. The zero-order valence-electron chi connectivity index (χ0n) is 11.5. The summed E-state index contributed by atoms with van der Waals surface area (Å²) in [5.41, 5.74) is -1.15. The number of ether oxygens (including phenoxy) is 1. The van der Waals surface area contributed by atoms with Crippen LogP contribution in [0.1, 0.15) is 29.6 Å². The molecule has 2 heterocycles. The van der Waals surface area contributed by atoms with Crippen molar-refractivity contribution in [2.24, 2.45) is 0 Å². The highest BCUT2D eigenvalue weighted by molar-refractivity contribution is 5.94. The third-order valence-corrected chi connectivity index (χ3v) is 4.40. The van der Waals surface area contributed by atoms with Crippen molar-refractivity contribution in [1.29, 1.82) is 0 Å². The van der Waals surface area contributed by atoms with Gasteiger partial charge in [-0.2, -0.15) is 0 Å². The molecule has 1 N–H and O–H groups in total. The van der Waals surface area contributed by atoms with Crippen LogP contribution in [0, 0.1) is 11.6 Å². The van der Waals surface area contributed by atoms with Crippen LogP contribution in [0.2, 0.25) is 0 Å². The fraction of sp³-hybridized carbons (Fsp3) is 0.533. The Labute approximate surface area is 121 Å². The van der Waals surface area contributed by atoms with Crippen molar-refractivity contribution >= 4 is 5.91 Å². The van der Waals surface area contributed by atoms with Gasteiger partial charge in [0, 0.05) is 19.7 Å². The molecule has 2 aliphatic heterocycles. The number of carbonyl (C=O) groups is 1. The molecule has 3 rings (SSSR count). The number of amides is 1. The Kier molecular flexibility index (Phi) is 3.67. The van der Waals surface area contributed by atoms with Gasteiger partial charge < -0.3 is 14.7 Å². The van der Waals surface area contributed by atoms with Crippen LogP contribution in [0.5, 0.6) is 0 Å². The molecular formula is C15H17F2NO3. The number of rotatable bonds is 1. The van der Waals surface area contributed by atoms with E-state index < -0.39 is 34.8 Å². The molecule has 0 bridgehead atoms. The zero-order chi connectivity index (χ0) is 15.0. The Bertz CT molecular complexity index is 538. The molecule has 21 heavy (non-hydrogen) atoms. The predicted molar refractivity (Wildman–Crippen MR) is 70.8 cm³/mol. The number of hydrogen-bond donors (Lipinski definition) is 1. The molecule has 0 radical (unpaired) electrons. The Morgan fingerprint density at radius 1 is 1.33 bits per heavy atom. The number of halogens is 2. The number of hydrogen-bond acceptors (Lipinski definition) is 3. The summed E-state index contributed by atoms with van der Waals surface area (Å²) in [5, 5.41) is 10.3. The standard InChI is InChI=1S/C15H17F2NO3/c16-10-3-1-4-11(17)13(10)14(20)18-7-6-15(12(19)9-18)5-2-8-21-15/h1,3-4,12,19H,2,5-9H2/t12-,15-/m0/s1. The highest BCUT2D eigenvalue weighted by Crippen LogP contribution is 2.36. The van der Waals surface area contributed by atoms with E-state index in [2.05, 4.69) is 0 Å². The first kappa shape index (κ1) is 14.4. The normalized spacial score (nSPS) is 29.1. The molecule has 2 atom stereocenters. The van der Waals surface area contributed by atoms with Gasteiger partial charge in [0.2, 0.25) is 0 Å². The minimum Gasteiger partial charge on any atom is -0.388 e. The van der Waals surface area contributed by atoms with Crippen LogP contribution in [0.4, 0.5) is 8.78 Å². The minimum atomic E-state index is -0.883. The molecular weight excluding hydrogens is 280 g/mol. The Morgan fingerprint density at radius 2 is 2.05 bits per heavy atom. The second kappa shape index (κ2) is 5.35. The molecule has 0 aromatic heterocycles. The smallest absolute Gasteiger partial charge is 0.259 e. The summed E-state index contributed by atoms with van der Waals surface area (Å²) >= 11 is 0. The predicted octanol–water partition coefficient (Wildman–Crippen LogP) is 1.72. The van der Waals surface area contributed by atoms with Crippen molar-refractivity contribution in [3.63, 3.8) is 0 Å². The lowest BCUT2D eigenvalue weighted by molar-refractivity contribution is -0.123. The number of β-amino-alcohol motifs (C(OH)–C–C–N with tert-alkyl or cyclic N) is 1. The molecule has 0 aliphatic carbocycles. The number of benzene rings is 1. The zero-order valence-corrected chi connectivity index (χ0v) is 11.5. The molecule has 0 unspecified atom stereocenters.